The highest BCUT2D eigenvalue weighted by Gasteiger charge is 2.27. The van der Waals surface area contributed by atoms with Crippen molar-refractivity contribution in [3.05, 3.63) is 45.5 Å². The highest BCUT2D eigenvalue weighted by Crippen LogP contribution is 2.25. The minimum Gasteiger partial charge on any atom is -0.379 e. The normalized spacial score (nSPS) is 15.9. The van der Waals surface area contributed by atoms with E-state index in [1.54, 1.807) is 24.4 Å². The largest absolute Gasteiger partial charge is 0.379 e. The fraction of sp³-hybridized carbons (Fsp3) is 0.333. The molecule has 10 heteroatoms. The third-order valence-corrected chi connectivity index (χ3v) is 7.48. The van der Waals surface area contributed by atoms with Crippen LogP contribution in [0.1, 0.15) is 15.2 Å². The van der Waals surface area contributed by atoms with Crippen LogP contribution in [0.3, 0.4) is 0 Å². The van der Waals surface area contributed by atoms with Gasteiger partial charge >= 0.3 is 0 Å². The molecule has 1 fully saturated rings. The van der Waals surface area contributed by atoms with Crippen molar-refractivity contribution in [2.45, 2.75) is 10.8 Å². The Morgan fingerprint density at radius 3 is 2.80 bits per heavy atom. The smallest absolute Gasteiger partial charge is 0.253 e. The molecule has 2 aromatic rings. The maximum Gasteiger partial charge on any atom is 0.253 e. The molecule has 7 nitrogen and oxygen atoms in total. The van der Waals surface area contributed by atoms with E-state index in [-0.39, 0.29) is 16.7 Å². The molecule has 0 aromatic carbocycles. The van der Waals surface area contributed by atoms with Crippen LogP contribution >= 0.6 is 27.3 Å². The quantitative estimate of drug-likeness (QED) is 0.758. The maximum absolute atomic E-state index is 12.6. The van der Waals surface area contributed by atoms with Gasteiger partial charge in [-0.05, 0) is 34.1 Å². The Labute approximate surface area is 158 Å². The van der Waals surface area contributed by atoms with Crippen LogP contribution in [0.25, 0.3) is 0 Å². The number of nitrogens with one attached hydrogen (secondary N) is 1. The van der Waals surface area contributed by atoms with Gasteiger partial charge in [0.1, 0.15) is 4.21 Å². The lowest BCUT2D eigenvalue weighted by Crippen LogP contribution is -2.40. The van der Waals surface area contributed by atoms with Crippen LogP contribution in [-0.2, 0) is 21.3 Å². The molecule has 0 radical (unpaired) electrons. The number of amides is 1. The predicted octanol–water partition coefficient (Wildman–Crippen LogP) is 1.86. The first kappa shape index (κ1) is 18.5. The van der Waals surface area contributed by atoms with Gasteiger partial charge in [0.2, 0.25) is 0 Å². The lowest BCUT2D eigenvalue weighted by Gasteiger charge is -2.25. The topological polar surface area (TPSA) is 88.6 Å². The van der Waals surface area contributed by atoms with Gasteiger partial charge in [-0.25, -0.2) is 8.42 Å². The van der Waals surface area contributed by atoms with E-state index in [1.165, 1.54) is 10.5 Å². The number of pyridine rings is 1. The monoisotopic (exact) mass is 445 g/mol. The summed E-state index contributed by atoms with van der Waals surface area (Å²) in [6, 6.07) is 4.97. The van der Waals surface area contributed by atoms with Crippen molar-refractivity contribution in [1.82, 2.24) is 14.6 Å². The zero-order valence-electron chi connectivity index (χ0n) is 13.1. The molecule has 1 aliphatic heterocycles. The summed E-state index contributed by atoms with van der Waals surface area (Å²) >= 11 is 4.43. The molecule has 1 N–H and O–H groups in total. The van der Waals surface area contributed by atoms with E-state index in [0.29, 0.717) is 31.9 Å². The van der Waals surface area contributed by atoms with Crippen molar-refractivity contribution in [1.29, 1.82) is 0 Å². The van der Waals surface area contributed by atoms with E-state index in [1.807, 2.05) is 0 Å². The van der Waals surface area contributed by atoms with Gasteiger partial charge in [-0.2, -0.15) is 4.31 Å². The number of hydrogen-bond acceptors (Lipinski definition) is 6. The first-order valence-electron chi connectivity index (χ1n) is 7.52. The number of ether oxygens (including phenoxy) is 1. The summed E-state index contributed by atoms with van der Waals surface area (Å²) in [6.07, 6.45) is 3.07. The molecule has 3 heterocycles. The molecule has 0 atom stereocenters. The third kappa shape index (κ3) is 4.45. The lowest BCUT2D eigenvalue weighted by atomic mass is 10.2. The van der Waals surface area contributed by atoms with Crippen LogP contribution in [0.15, 0.2) is 39.3 Å². The average molecular weight is 446 g/mol. The summed E-state index contributed by atoms with van der Waals surface area (Å²) in [6.45, 7) is 1.81. The second-order valence-electron chi connectivity index (χ2n) is 5.31. The number of aromatic nitrogens is 1. The highest BCUT2D eigenvalue weighted by molar-refractivity contribution is 9.10. The Morgan fingerprint density at radius 2 is 2.08 bits per heavy atom. The standard InChI is InChI=1S/C15H16BrN3O4S2/c16-12-7-11(8-17-9-12)15(20)18-10-13-1-2-14(24-13)25(21,22)19-3-5-23-6-4-19/h1-2,7-9H,3-6,10H2,(H,18,20). The first-order valence-corrected chi connectivity index (χ1v) is 10.6. The molecule has 134 valence electrons. The van der Waals surface area contributed by atoms with Crippen LogP contribution in [0.4, 0.5) is 0 Å². The van der Waals surface area contributed by atoms with Crippen LogP contribution in [0.5, 0.6) is 0 Å². The summed E-state index contributed by atoms with van der Waals surface area (Å²) in [7, 11) is -3.49. The van der Waals surface area contributed by atoms with Crippen molar-refractivity contribution >= 4 is 43.2 Å². The van der Waals surface area contributed by atoms with Crippen LogP contribution in [0.2, 0.25) is 0 Å². The molecule has 0 spiro atoms. The van der Waals surface area contributed by atoms with Gasteiger partial charge in [0.25, 0.3) is 15.9 Å². The average Bonchev–Trinajstić information content (AvgIpc) is 3.10. The van der Waals surface area contributed by atoms with Gasteiger partial charge in [-0.15, -0.1) is 11.3 Å². The summed E-state index contributed by atoms with van der Waals surface area (Å²) in [4.78, 5) is 16.8. The summed E-state index contributed by atoms with van der Waals surface area (Å²) in [5.41, 5.74) is 0.437. The number of halogens is 1. The van der Waals surface area contributed by atoms with Crippen molar-refractivity contribution in [3.8, 4) is 0 Å². The van der Waals surface area contributed by atoms with Gasteiger partial charge in [0.15, 0.2) is 0 Å². The van der Waals surface area contributed by atoms with Crippen LogP contribution < -0.4 is 5.32 Å². The van der Waals surface area contributed by atoms with E-state index in [4.69, 9.17) is 4.74 Å². The van der Waals surface area contributed by atoms with Crippen LogP contribution in [-0.4, -0.2) is 49.9 Å². The second-order valence-corrected chi connectivity index (χ2v) is 9.56. The highest BCUT2D eigenvalue weighted by atomic mass is 79.9. The van der Waals surface area contributed by atoms with Gasteiger partial charge in [0.05, 0.1) is 25.3 Å². The van der Waals surface area contributed by atoms with Crippen molar-refractivity contribution in [2.24, 2.45) is 0 Å². The minimum atomic E-state index is -3.49. The first-order chi connectivity index (χ1) is 12.0. The van der Waals surface area contributed by atoms with Crippen molar-refractivity contribution in [2.75, 3.05) is 26.3 Å². The fourth-order valence-electron chi connectivity index (χ4n) is 2.31. The van der Waals surface area contributed by atoms with E-state index in [0.717, 1.165) is 20.7 Å². The Balaban J connectivity index is 1.64. The molecular formula is C15H16BrN3O4S2. The zero-order chi connectivity index (χ0) is 17.9. The SMILES string of the molecule is O=C(NCc1ccc(S(=O)(=O)N2CCOCC2)s1)c1cncc(Br)c1. The summed E-state index contributed by atoms with van der Waals surface area (Å²) in [5, 5.41) is 2.77. The fourth-order valence-corrected chi connectivity index (χ4v) is 5.53. The summed E-state index contributed by atoms with van der Waals surface area (Å²) in [5.74, 6) is -0.264. The van der Waals surface area contributed by atoms with Crippen LogP contribution in [0, 0.1) is 0 Å². The molecule has 0 saturated carbocycles. The number of morpholine rings is 1. The van der Waals surface area contributed by atoms with Gasteiger partial charge < -0.3 is 10.1 Å². The number of nitrogens with zero attached hydrogens (tertiary/aromatic N) is 2. The molecule has 0 bridgehead atoms. The summed E-state index contributed by atoms with van der Waals surface area (Å²) < 4.78 is 32.8. The lowest BCUT2D eigenvalue weighted by molar-refractivity contribution is 0.0731. The Bertz CT molecular complexity index is 863. The maximum atomic E-state index is 12.6. The minimum absolute atomic E-state index is 0.259. The Hall–Kier alpha value is -1.33. The van der Waals surface area contributed by atoms with E-state index >= 15 is 0 Å². The molecule has 1 aliphatic rings. The Kier molecular flexibility index (Phi) is 5.85. The van der Waals surface area contributed by atoms with Crippen molar-refractivity contribution < 1.29 is 17.9 Å². The van der Waals surface area contributed by atoms with Gasteiger partial charge in [-0.1, -0.05) is 0 Å². The molecule has 1 amide bonds. The molecular weight excluding hydrogens is 430 g/mol. The number of carbonyl (C=O) groups is 1. The molecule has 2 aromatic heterocycles. The van der Waals surface area contributed by atoms with E-state index in [2.05, 4.69) is 26.2 Å². The molecule has 3 rings (SSSR count). The number of carbonyl (C=O) groups excluding carboxylic acids is 1. The molecule has 0 aliphatic carbocycles. The number of thiophene rings is 1. The van der Waals surface area contributed by atoms with Gasteiger partial charge in [0, 0.05) is 34.8 Å². The Morgan fingerprint density at radius 1 is 1.32 bits per heavy atom. The van der Waals surface area contributed by atoms with E-state index < -0.39 is 10.0 Å². The van der Waals surface area contributed by atoms with E-state index in [9.17, 15) is 13.2 Å². The molecule has 25 heavy (non-hydrogen) atoms. The number of hydrogen-bond donors (Lipinski definition) is 1. The molecule has 0 unspecified atom stereocenters. The number of sulfonamides is 1. The zero-order valence-corrected chi connectivity index (χ0v) is 16.4. The third-order valence-electron chi connectivity index (χ3n) is 3.59. The number of rotatable bonds is 5. The van der Waals surface area contributed by atoms with Gasteiger partial charge in [-0.3, -0.25) is 9.78 Å². The predicted molar refractivity (Wildman–Crippen MR) is 97.0 cm³/mol. The second kappa shape index (κ2) is 7.92. The molecule has 1 saturated heterocycles. The van der Waals surface area contributed by atoms with Crippen molar-refractivity contribution in [3.63, 3.8) is 0 Å².